The Kier molecular flexibility index (Phi) is 5.23. The predicted molar refractivity (Wildman–Crippen MR) is 84.4 cm³/mol. The van der Waals surface area contributed by atoms with Crippen molar-refractivity contribution in [2.45, 2.75) is 29.8 Å². The van der Waals surface area contributed by atoms with Crippen LogP contribution >= 0.6 is 0 Å². The largest absolute Gasteiger partial charge is 0.430 e. The first kappa shape index (κ1) is 21.0. The van der Waals surface area contributed by atoms with Gasteiger partial charge in [-0.15, -0.1) is 0 Å². The van der Waals surface area contributed by atoms with Gasteiger partial charge in [-0.1, -0.05) is 29.8 Å². The summed E-state index contributed by atoms with van der Waals surface area (Å²) in [5.41, 5.74) is -6.53. The quantitative estimate of drug-likeness (QED) is 0.742. The van der Waals surface area contributed by atoms with Gasteiger partial charge in [-0.3, -0.25) is 4.72 Å². The molecule has 0 unspecified atom stereocenters. The lowest BCUT2D eigenvalue weighted by molar-refractivity contribution is -0.376. The van der Waals surface area contributed by atoms with E-state index in [1.165, 1.54) is 24.3 Å². The number of anilines is 1. The molecule has 4 nitrogen and oxygen atoms in total. The second kappa shape index (κ2) is 6.71. The fraction of sp³-hybridized carbons (Fsp3) is 0.250. The monoisotopic (exact) mass is 413 g/mol. The Morgan fingerprint density at radius 1 is 0.889 bits per heavy atom. The third-order valence-electron chi connectivity index (χ3n) is 3.68. The molecular weight excluding hydrogens is 400 g/mol. The van der Waals surface area contributed by atoms with Crippen LogP contribution in [0.25, 0.3) is 0 Å². The zero-order valence-corrected chi connectivity index (χ0v) is 14.4. The lowest BCUT2D eigenvalue weighted by Gasteiger charge is -2.32. The molecule has 0 aliphatic heterocycles. The fourth-order valence-electron chi connectivity index (χ4n) is 2.23. The van der Waals surface area contributed by atoms with E-state index < -0.39 is 39.2 Å². The molecule has 0 spiro atoms. The first-order valence-corrected chi connectivity index (χ1v) is 8.72. The maximum atomic E-state index is 12.9. The van der Waals surface area contributed by atoms with Gasteiger partial charge in [-0.2, -0.15) is 26.3 Å². The van der Waals surface area contributed by atoms with E-state index in [0.717, 1.165) is 17.7 Å². The molecule has 0 saturated carbocycles. The number of hydrogen-bond donors (Lipinski definition) is 2. The molecule has 0 saturated heterocycles. The first-order chi connectivity index (χ1) is 12.2. The van der Waals surface area contributed by atoms with Crippen LogP contribution in [0.2, 0.25) is 0 Å². The van der Waals surface area contributed by atoms with Crippen LogP contribution in [0.4, 0.5) is 32.0 Å². The van der Waals surface area contributed by atoms with Crippen molar-refractivity contribution in [3.8, 4) is 0 Å². The number of aliphatic hydroxyl groups is 1. The summed E-state index contributed by atoms with van der Waals surface area (Å²) in [7, 11) is -4.26. The lowest BCUT2D eigenvalue weighted by atomic mass is 9.92. The van der Waals surface area contributed by atoms with E-state index in [2.05, 4.69) is 0 Å². The van der Waals surface area contributed by atoms with Crippen molar-refractivity contribution in [3.63, 3.8) is 0 Å². The fourth-order valence-corrected chi connectivity index (χ4v) is 3.28. The zero-order chi connectivity index (χ0) is 20.7. The Bertz CT molecular complexity index is 906. The molecule has 2 aromatic rings. The van der Waals surface area contributed by atoms with Crippen LogP contribution in [-0.2, 0) is 15.6 Å². The number of aryl methyl sites for hydroxylation is 1. The minimum absolute atomic E-state index is 0.236. The van der Waals surface area contributed by atoms with Crippen LogP contribution < -0.4 is 4.72 Å². The number of nitrogens with one attached hydrogen (secondary N) is 1. The molecule has 0 radical (unpaired) electrons. The second-order valence-corrected chi connectivity index (χ2v) is 7.39. The van der Waals surface area contributed by atoms with Crippen LogP contribution in [0.3, 0.4) is 0 Å². The van der Waals surface area contributed by atoms with Crippen molar-refractivity contribution in [2.24, 2.45) is 0 Å². The van der Waals surface area contributed by atoms with Crippen LogP contribution in [-0.4, -0.2) is 25.9 Å². The molecule has 11 heteroatoms. The number of halogens is 6. The maximum absolute atomic E-state index is 12.9. The Balaban J connectivity index is 2.47. The molecule has 27 heavy (non-hydrogen) atoms. The molecule has 0 bridgehead atoms. The lowest BCUT2D eigenvalue weighted by Crippen LogP contribution is -2.53. The minimum Gasteiger partial charge on any atom is -0.369 e. The van der Waals surface area contributed by atoms with Gasteiger partial charge in [0.25, 0.3) is 15.6 Å². The van der Waals surface area contributed by atoms with E-state index in [-0.39, 0.29) is 11.0 Å². The highest BCUT2D eigenvalue weighted by molar-refractivity contribution is 7.92. The Labute approximate surface area is 150 Å². The summed E-state index contributed by atoms with van der Waals surface area (Å²) in [6.07, 6.45) is -12.1. The van der Waals surface area contributed by atoms with E-state index in [1.54, 1.807) is 6.92 Å². The highest BCUT2D eigenvalue weighted by Crippen LogP contribution is 2.50. The van der Waals surface area contributed by atoms with Crippen LogP contribution in [0.5, 0.6) is 0 Å². The molecule has 2 N–H and O–H groups in total. The summed E-state index contributed by atoms with van der Waals surface area (Å²) in [5, 5.41) is 9.40. The maximum Gasteiger partial charge on any atom is 0.430 e. The van der Waals surface area contributed by atoms with Gasteiger partial charge in [0.05, 0.1) is 4.90 Å². The number of rotatable bonds is 4. The molecular formula is C16H13F6NO3S. The van der Waals surface area contributed by atoms with Crippen molar-refractivity contribution >= 4 is 15.7 Å². The third kappa shape index (κ3) is 4.03. The third-order valence-corrected chi connectivity index (χ3v) is 5.08. The van der Waals surface area contributed by atoms with Gasteiger partial charge in [-0.05, 0) is 31.2 Å². The van der Waals surface area contributed by atoms with Crippen molar-refractivity contribution in [1.82, 2.24) is 0 Å². The molecule has 0 heterocycles. The summed E-state index contributed by atoms with van der Waals surface area (Å²) in [6, 6.07) is 7.81. The molecule has 2 aromatic carbocycles. The average molecular weight is 413 g/mol. The van der Waals surface area contributed by atoms with E-state index >= 15 is 0 Å². The molecule has 0 aromatic heterocycles. The van der Waals surface area contributed by atoms with E-state index in [4.69, 9.17) is 0 Å². The molecule has 2 rings (SSSR count). The summed E-state index contributed by atoms with van der Waals surface area (Å²) in [5.74, 6) is 0. The standard InChI is InChI=1S/C16H13F6NO3S/c1-10-5-7-13(8-6-10)27(25,26)23-12-4-2-3-11(9-12)14(24,15(17,18)19)16(20,21)22/h2-9,23-24H,1H3. The molecule has 0 fully saturated rings. The normalized spacial score (nSPS) is 13.5. The van der Waals surface area contributed by atoms with Crippen molar-refractivity contribution in [2.75, 3.05) is 4.72 Å². The summed E-state index contributed by atoms with van der Waals surface area (Å²) in [6.45, 7) is 1.70. The zero-order valence-electron chi connectivity index (χ0n) is 13.6. The highest BCUT2D eigenvalue weighted by atomic mass is 32.2. The predicted octanol–water partition coefficient (Wildman–Crippen LogP) is 4.11. The van der Waals surface area contributed by atoms with Gasteiger partial charge in [0.1, 0.15) is 0 Å². The topological polar surface area (TPSA) is 66.4 Å². The van der Waals surface area contributed by atoms with E-state index in [1.807, 2.05) is 4.72 Å². The van der Waals surface area contributed by atoms with E-state index in [9.17, 15) is 39.9 Å². The van der Waals surface area contributed by atoms with Gasteiger partial charge in [0.15, 0.2) is 0 Å². The van der Waals surface area contributed by atoms with Gasteiger partial charge in [0, 0.05) is 11.3 Å². The molecule has 148 valence electrons. The SMILES string of the molecule is Cc1ccc(S(=O)(=O)Nc2cccc(C(O)(C(F)(F)F)C(F)(F)F)c2)cc1. The van der Waals surface area contributed by atoms with Crippen molar-refractivity contribution in [1.29, 1.82) is 0 Å². The van der Waals surface area contributed by atoms with Crippen molar-refractivity contribution < 1.29 is 39.9 Å². The van der Waals surface area contributed by atoms with Crippen LogP contribution in [0.1, 0.15) is 11.1 Å². The average Bonchev–Trinajstić information content (AvgIpc) is 2.52. The number of benzene rings is 2. The first-order valence-electron chi connectivity index (χ1n) is 7.24. The molecule has 0 aliphatic carbocycles. The Hall–Kier alpha value is -2.27. The second-order valence-electron chi connectivity index (χ2n) is 5.71. The van der Waals surface area contributed by atoms with Gasteiger partial charge in [0.2, 0.25) is 0 Å². The minimum atomic E-state index is -6.07. The van der Waals surface area contributed by atoms with Gasteiger partial charge in [-0.25, -0.2) is 8.42 Å². The van der Waals surface area contributed by atoms with Crippen LogP contribution in [0.15, 0.2) is 53.4 Å². The smallest absolute Gasteiger partial charge is 0.369 e. The molecule has 0 atom stereocenters. The summed E-state index contributed by atoms with van der Waals surface area (Å²) >= 11 is 0. The van der Waals surface area contributed by atoms with Gasteiger partial charge < -0.3 is 5.11 Å². The van der Waals surface area contributed by atoms with Gasteiger partial charge >= 0.3 is 12.4 Å². The highest BCUT2D eigenvalue weighted by Gasteiger charge is 2.71. The van der Waals surface area contributed by atoms with Crippen molar-refractivity contribution in [3.05, 3.63) is 59.7 Å². The van der Waals surface area contributed by atoms with Crippen LogP contribution in [0, 0.1) is 6.92 Å². The summed E-state index contributed by atoms with van der Waals surface area (Å²) in [4.78, 5) is -0.236. The number of hydrogen-bond acceptors (Lipinski definition) is 3. The van der Waals surface area contributed by atoms with E-state index in [0.29, 0.717) is 6.07 Å². The number of alkyl halides is 6. The Morgan fingerprint density at radius 3 is 1.89 bits per heavy atom. The Morgan fingerprint density at radius 2 is 1.41 bits per heavy atom. The molecule has 0 amide bonds. The number of sulfonamides is 1. The molecule has 0 aliphatic rings. The summed E-state index contributed by atoms with van der Waals surface area (Å²) < 4.78 is 104.